The lowest BCUT2D eigenvalue weighted by Crippen LogP contribution is -2.21. The van der Waals surface area contributed by atoms with Crippen LogP contribution in [0.25, 0.3) is 0 Å². The smallest absolute Gasteiger partial charge is 0.343 e. The summed E-state index contributed by atoms with van der Waals surface area (Å²) in [5.74, 6) is -3.58. The van der Waals surface area contributed by atoms with Gasteiger partial charge in [-0.05, 0) is 0 Å². The lowest BCUT2D eigenvalue weighted by atomic mass is 10.7. The van der Waals surface area contributed by atoms with Crippen LogP contribution in [0.5, 0.6) is 0 Å². The third-order valence-corrected chi connectivity index (χ3v) is 0.462. The summed E-state index contributed by atoms with van der Waals surface area (Å²) >= 11 is 0. The van der Waals surface area contributed by atoms with Gasteiger partial charge in [-0.1, -0.05) is 0 Å². The Hall–Kier alpha value is -2.17. The van der Waals surface area contributed by atoms with Gasteiger partial charge in [-0.2, -0.15) is 0 Å². The molecule has 58 valence electrons. The van der Waals surface area contributed by atoms with Crippen LogP contribution in [0.3, 0.4) is 0 Å². The first-order valence-electron chi connectivity index (χ1n) is 2.04. The molecular weight excluding hydrogens is 160 g/mol. The van der Waals surface area contributed by atoms with Gasteiger partial charge < -0.3 is 4.74 Å². The maximum absolute atomic E-state index is 10.1. The van der Waals surface area contributed by atoms with E-state index in [1.165, 1.54) is 0 Å². The van der Waals surface area contributed by atoms with E-state index >= 15 is 0 Å². The van der Waals surface area contributed by atoms with Crippen molar-refractivity contribution in [3.63, 3.8) is 0 Å². The lowest BCUT2D eigenvalue weighted by Gasteiger charge is -1.90. The lowest BCUT2D eigenvalue weighted by molar-refractivity contribution is -0.728. The molecule has 0 aliphatic rings. The molecule has 0 aromatic carbocycles. The summed E-state index contributed by atoms with van der Waals surface area (Å²) in [6.07, 6.45) is 0.849. The molecule has 0 saturated heterocycles. The summed E-state index contributed by atoms with van der Waals surface area (Å²) in [5.41, 5.74) is 0. The van der Waals surface area contributed by atoms with Gasteiger partial charge in [-0.3, -0.25) is 4.79 Å². The maximum atomic E-state index is 10.1. The van der Waals surface area contributed by atoms with Crippen LogP contribution in [0.1, 0.15) is 0 Å². The Morgan fingerprint density at radius 2 is 2.00 bits per heavy atom. The molecule has 0 spiro atoms. The third-order valence-electron chi connectivity index (χ3n) is 0.462. The molecule has 0 atom stereocenters. The van der Waals surface area contributed by atoms with Crippen molar-refractivity contribution in [2.75, 3.05) is 0 Å². The number of carbonyl (C=O) groups is 2. The number of rotatable bonds is 1. The minimum absolute atomic E-state index is 0.849. The van der Waals surface area contributed by atoms with E-state index in [4.69, 9.17) is 5.26 Å². The molecule has 11 heavy (non-hydrogen) atoms. The second-order valence-corrected chi connectivity index (χ2v) is 1.08. The monoisotopic (exact) mass is 160 g/mol. The number of nitrogens with zero attached hydrogens (tertiary/aromatic N) is 2. The zero-order valence-electron chi connectivity index (χ0n) is 4.84. The number of esters is 1. The van der Waals surface area contributed by atoms with Crippen LogP contribution in [0.4, 0.5) is 0 Å². The fourth-order valence-electron chi connectivity index (χ4n) is 0.188. The predicted molar refractivity (Wildman–Crippen MR) is 24.8 cm³/mol. The summed E-state index contributed by atoms with van der Waals surface area (Å²) in [6.45, 7) is 0. The van der Waals surface area contributed by atoms with E-state index in [2.05, 4.69) is 9.57 Å². The molecule has 0 bridgehead atoms. The first kappa shape index (κ1) is 8.83. The van der Waals surface area contributed by atoms with E-state index in [-0.39, 0.29) is 0 Å². The van der Waals surface area contributed by atoms with Crippen molar-refractivity contribution in [1.29, 1.82) is 5.26 Å². The molecule has 0 radical (unpaired) electrons. The van der Waals surface area contributed by atoms with Crippen LogP contribution in [0.2, 0.25) is 0 Å². The highest BCUT2D eigenvalue weighted by Gasteiger charge is 2.19. The summed E-state index contributed by atoms with van der Waals surface area (Å²) < 4.78 is 3.39. The van der Waals surface area contributed by atoms with Gasteiger partial charge in [0.15, 0.2) is 0 Å². The van der Waals surface area contributed by atoms with Crippen LogP contribution >= 0.6 is 0 Å². The van der Waals surface area contributed by atoms with E-state index in [9.17, 15) is 19.7 Å². The zero-order valence-corrected chi connectivity index (χ0v) is 4.84. The van der Waals surface area contributed by atoms with Crippen molar-refractivity contribution in [3.8, 4) is 6.26 Å². The Morgan fingerprint density at radius 3 is 2.36 bits per heavy atom. The number of hydrogen-bond donors (Lipinski definition) is 0. The SMILES string of the molecule is N#COC(=O)C(=O)O[N+](=O)[O-]. The van der Waals surface area contributed by atoms with Gasteiger partial charge in [0.1, 0.15) is 0 Å². The van der Waals surface area contributed by atoms with Gasteiger partial charge in [0.2, 0.25) is 0 Å². The topological polar surface area (TPSA) is 120 Å². The Balaban J connectivity index is 3.96. The molecule has 0 amide bonds. The summed E-state index contributed by atoms with van der Waals surface area (Å²) in [4.78, 5) is 32.6. The van der Waals surface area contributed by atoms with Crippen LogP contribution in [0, 0.1) is 21.6 Å². The molecule has 0 aromatic heterocycles. The van der Waals surface area contributed by atoms with Crippen molar-refractivity contribution in [1.82, 2.24) is 0 Å². The molecule has 0 unspecified atom stereocenters. The molecular formula is C3N2O6. The second kappa shape index (κ2) is 3.78. The number of carbonyl (C=O) groups excluding carboxylic acids is 2. The highest BCUT2D eigenvalue weighted by Crippen LogP contribution is 1.82. The molecule has 0 aliphatic heterocycles. The van der Waals surface area contributed by atoms with Gasteiger partial charge in [0.05, 0.1) is 0 Å². The van der Waals surface area contributed by atoms with Gasteiger partial charge in [0, 0.05) is 0 Å². The molecule has 0 aromatic rings. The minimum Gasteiger partial charge on any atom is -0.343 e. The molecule has 0 fully saturated rings. The van der Waals surface area contributed by atoms with Crippen LogP contribution in [-0.2, 0) is 19.2 Å². The van der Waals surface area contributed by atoms with E-state index in [1.807, 2.05) is 0 Å². The zero-order chi connectivity index (χ0) is 8.85. The molecule has 0 N–H and O–H groups in total. The Kier molecular flexibility index (Phi) is 3.03. The molecule has 0 heterocycles. The average Bonchev–Trinajstić information content (AvgIpc) is 1.86. The van der Waals surface area contributed by atoms with Gasteiger partial charge in [-0.15, -0.1) is 15.4 Å². The highest BCUT2D eigenvalue weighted by molar-refractivity contribution is 6.29. The molecule has 8 heteroatoms. The Bertz CT molecular complexity index is 239. The van der Waals surface area contributed by atoms with Crippen LogP contribution in [-0.4, -0.2) is 17.0 Å². The summed E-state index contributed by atoms with van der Waals surface area (Å²) in [7, 11) is 0. The number of nitriles is 1. The van der Waals surface area contributed by atoms with Crippen molar-refractivity contribution in [2.24, 2.45) is 0 Å². The fourth-order valence-corrected chi connectivity index (χ4v) is 0.188. The maximum Gasteiger partial charge on any atom is 0.418 e. The van der Waals surface area contributed by atoms with Crippen molar-refractivity contribution >= 4 is 11.9 Å². The Morgan fingerprint density at radius 1 is 1.45 bits per heavy atom. The highest BCUT2D eigenvalue weighted by atomic mass is 17.0. The predicted octanol–water partition coefficient (Wildman–Crippen LogP) is -1.25. The standard InChI is InChI=1S/C3N2O6/c4-1-10-2(6)3(7)11-5(8)9. The van der Waals surface area contributed by atoms with E-state index in [0.29, 0.717) is 0 Å². The Labute approximate surface area is 59.0 Å². The third kappa shape index (κ3) is 3.41. The first-order chi connectivity index (χ1) is 5.07. The van der Waals surface area contributed by atoms with Crippen LogP contribution in [0.15, 0.2) is 0 Å². The molecule has 0 saturated carbocycles. The average molecular weight is 160 g/mol. The van der Waals surface area contributed by atoms with Gasteiger partial charge >= 0.3 is 17.0 Å². The van der Waals surface area contributed by atoms with Gasteiger partial charge in [0.25, 0.3) is 6.26 Å². The van der Waals surface area contributed by atoms with E-state index in [0.717, 1.165) is 6.26 Å². The molecule has 8 nitrogen and oxygen atoms in total. The summed E-state index contributed by atoms with van der Waals surface area (Å²) in [6, 6.07) is 0. The quantitative estimate of drug-likeness (QED) is 0.154. The normalized spacial score (nSPS) is 7.55. The molecule has 0 rings (SSSR count). The number of ether oxygens (including phenoxy) is 1. The van der Waals surface area contributed by atoms with Crippen molar-refractivity contribution in [2.45, 2.75) is 0 Å². The summed E-state index contributed by atoms with van der Waals surface area (Å²) in [5, 5.41) is 15.6. The van der Waals surface area contributed by atoms with E-state index < -0.39 is 17.0 Å². The van der Waals surface area contributed by atoms with Crippen LogP contribution < -0.4 is 0 Å². The molecule has 0 aliphatic carbocycles. The fraction of sp³-hybridized carbons (Fsp3) is 0. The van der Waals surface area contributed by atoms with E-state index in [1.54, 1.807) is 0 Å². The second-order valence-electron chi connectivity index (χ2n) is 1.08. The van der Waals surface area contributed by atoms with Crippen molar-refractivity contribution < 1.29 is 24.3 Å². The number of hydrogen-bond acceptors (Lipinski definition) is 7. The largest absolute Gasteiger partial charge is 0.418 e. The van der Waals surface area contributed by atoms with Gasteiger partial charge in [-0.25, -0.2) is 9.63 Å². The minimum atomic E-state index is -1.85. The van der Waals surface area contributed by atoms with Crippen molar-refractivity contribution in [3.05, 3.63) is 10.1 Å². The first-order valence-corrected chi connectivity index (χ1v) is 2.04.